The molecule has 3 nitrogen and oxygen atoms in total. The lowest BCUT2D eigenvalue weighted by molar-refractivity contribution is -0.133. The molecule has 100 valence electrons. The van der Waals surface area contributed by atoms with Gasteiger partial charge in [-0.3, -0.25) is 4.79 Å². The van der Waals surface area contributed by atoms with Crippen molar-refractivity contribution in [3.63, 3.8) is 0 Å². The summed E-state index contributed by atoms with van der Waals surface area (Å²) in [4.78, 5) is 14.3. The third-order valence-corrected chi connectivity index (χ3v) is 4.03. The second-order valence-electron chi connectivity index (χ2n) is 5.63. The molecule has 1 amide bonds. The highest BCUT2D eigenvalue weighted by Crippen LogP contribution is 2.25. The zero-order valence-corrected chi connectivity index (χ0v) is 11.8. The molecule has 0 radical (unpaired) electrons. The van der Waals surface area contributed by atoms with E-state index in [2.05, 4.69) is 24.1 Å². The maximum absolute atomic E-state index is 12.2. The van der Waals surface area contributed by atoms with Gasteiger partial charge in [0.05, 0.1) is 0 Å². The maximum atomic E-state index is 12.2. The van der Waals surface area contributed by atoms with Gasteiger partial charge in [0.2, 0.25) is 5.91 Å². The number of piperidine rings is 1. The summed E-state index contributed by atoms with van der Waals surface area (Å²) < 4.78 is 0. The Kier molecular flexibility index (Phi) is 5.74. The first-order valence-electron chi connectivity index (χ1n) is 6.67. The number of hydrogen-bond donors (Lipinski definition) is 1. The molecule has 0 aromatic carbocycles. The summed E-state index contributed by atoms with van der Waals surface area (Å²) in [5.41, 5.74) is 0. The van der Waals surface area contributed by atoms with E-state index in [1.807, 2.05) is 0 Å². The molecule has 2 atom stereocenters. The lowest BCUT2D eigenvalue weighted by Crippen LogP contribution is -2.37. The number of amides is 1. The van der Waals surface area contributed by atoms with E-state index in [9.17, 15) is 4.79 Å². The molecule has 2 saturated heterocycles. The van der Waals surface area contributed by atoms with Gasteiger partial charge in [-0.25, -0.2) is 0 Å². The second-order valence-corrected chi connectivity index (χ2v) is 5.63. The Balaban J connectivity index is 0.00000144. The van der Waals surface area contributed by atoms with Crippen LogP contribution in [0.3, 0.4) is 0 Å². The van der Waals surface area contributed by atoms with Gasteiger partial charge in [-0.1, -0.05) is 6.92 Å². The minimum absolute atomic E-state index is 0. The predicted molar refractivity (Wildman–Crippen MR) is 72.4 cm³/mol. The summed E-state index contributed by atoms with van der Waals surface area (Å²) in [5, 5.41) is 3.35. The quantitative estimate of drug-likeness (QED) is 0.824. The molecule has 2 heterocycles. The van der Waals surface area contributed by atoms with Crippen LogP contribution in [0, 0.1) is 11.8 Å². The second kappa shape index (κ2) is 6.60. The molecule has 2 aliphatic heterocycles. The number of likely N-dealkylation sites (tertiary alicyclic amines) is 1. The van der Waals surface area contributed by atoms with Gasteiger partial charge in [0, 0.05) is 19.0 Å². The number of nitrogens with zero attached hydrogens (tertiary/aromatic N) is 1. The first-order valence-corrected chi connectivity index (χ1v) is 6.67. The van der Waals surface area contributed by atoms with Crippen LogP contribution >= 0.6 is 12.4 Å². The summed E-state index contributed by atoms with van der Waals surface area (Å²) in [6.07, 6.45) is 4.30. The molecule has 0 aromatic rings. The molecular formula is C13H25ClN2O. The molecule has 2 unspecified atom stereocenters. The first-order chi connectivity index (χ1) is 7.66. The summed E-state index contributed by atoms with van der Waals surface area (Å²) in [6.45, 7) is 7.58. The lowest BCUT2D eigenvalue weighted by Gasteiger charge is -2.27. The minimum Gasteiger partial charge on any atom is -0.340 e. The van der Waals surface area contributed by atoms with Crippen molar-refractivity contribution >= 4 is 18.3 Å². The van der Waals surface area contributed by atoms with E-state index in [-0.39, 0.29) is 12.4 Å². The normalized spacial score (nSPS) is 30.1. The van der Waals surface area contributed by atoms with Crippen LogP contribution in [0.5, 0.6) is 0 Å². The number of rotatable bonds is 2. The average molecular weight is 261 g/mol. The molecule has 0 aromatic heterocycles. The predicted octanol–water partition coefficient (Wildman–Crippen LogP) is 2.05. The Bertz CT molecular complexity index is 254. The highest BCUT2D eigenvalue weighted by atomic mass is 35.5. The van der Waals surface area contributed by atoms with E-state index in [0.29, 0.717) is 23.8 Å². The first kappa shape index (κ1) is 14.8. The van der Waals surface area contributed by atoms with Crippen LogP contribution in [-0.4, -0.2) is 36.5 Å². The average Bonchev–Trinajstić information content (AvgIpc) is 2.59. The maximum Gasteiger partial charge on any atom is 0.223 e. The number of hydrogen-bond acceptors (Lipinski definition) is 2. The number of carbonyl (C=O) groups is 1. The molecule has 17 heavy (non-hydrogen) atoms. The van der Waals surface area contributed by atoms with Gasteiger partial charge in [-0.2, -0.15) is 0 Å². The monoisotopic (exact) mass is 260 g/mol. The Hall–Kier alpha value is -0.280. The van der Waals surface area contributed by atoms with E-state index in [4.69, 9.17) is 0 Å². The molecule has 1 N–H and O–H groups in total. The van der Waals surface area contributed by atoms with E-state index in [1.54, 1.807) is 0 Å². The SMILES string of the molecule is CC1CC(C)N(C(=O)CC2CCNCC2)C1.Cl. The van der Waals surface area contributed by atoms with Crippen molar-refractivity contribution in [2.45, 2.75) is 45.6 Å². The van der Waals surface area contributed by atoms with Crippen LogP contribution in [0.2, 0.25) is 0 Å². The van der Waals surface area contributed by atoms with Crippen molar-refractivity contribution in [2.75, 3.05) is 19.6 Å². The molecule has 0 spiro atoms. The van der Waals surface area contributed by atoms with Gasteiger partial charge in [0.15, 0.2) is 0 Å². The summed E-state index contributed by atoms with van der Waals surface area (Å²) >= 11 is 0. The summed E-state index contributed by atoms with van der Waals surface area (Å²) in [5.74, 6) is 1.70. The van der Waals surface area contributed by atoms with Gasteiger partial charge in [0.1, 0.15) is 0 Å². The van der Waals surface area contributed by atoms with Gasteiger partial charge >= 0.3 is 0 Å². The number of carbonyl (C=O) groups excluding carboxylic acids is 1. The molecule has 4 heteroatoms. The van der Waals surface area contributed by atoms with E-state index >= 15 is 0 Å². The molecule has 2 aliphatic rings. The fraction of sp³-hybridized carbons (Fsp3) is 0.923. The van der Waals surface area contributed by atoms with Crippen molar-refractivity contribution in [1.82, 2.24) is 10.2 Å². The molecule has 2 rings (SSSR count). The highest BCUT2D eigenvalue weighted by Gasteiger charge is 2.30. The lowest BCUT2D eigenvalue weighted by atomic mass is 9.94. The summed E-state index contributed by atoms with van der Waals surface area (Å²) in [6, 6.07) is 0.462. The Morgan fingerprint density at radius 2 is 1.94 bits per heavy atom. The van der Waals surface area contributed by atoms with Crippen LogP contribution in [0.1, 0.15) is 39.5 Å². The van der Waals surface area contributed by atoms with Gasteiger partial charge < -0.3 is 10.2 Å². The largest absolute Gasteiger partial charge is 0.340 e. The van der Waals surface area contributed by atoms with Crippen molar-refractivity contribution in [3.05, 3.63) is 0 Å². The summed E-state index contributed by atoms with van der Waals surface area (Å²) in [7, 11) is 0. The van der Waals surface area contributed by atoms with Crippen molar-refractivity contribution in [2.24, 2.45) is 11.8 Å². The van der Waals surface area contributed by atoms with Gasteiger partial charge in [-0.05, 0) is 51.1 Å². The zero-order chi connectivity index (χ0) is 11.5. The smallest absolute Gasteiger partial charge is 0.223 e. The fourth-order valence-electron chi connectivity index (χ4n) is 3.10. The van der Waals surface area contributed by atoms with Gasteiger partial charge in [0.25, 0.3) is 0 Å². The Labute approximate surface area is 111 Å². The van der Waals surface area contributed by atoms with Gasteiger partial charge in [-0.15, -0.1) is 12.4 Å². The third-order valence-electron chi connectivity index (χ3n) is 4.03. The minimum atomic E-state index is 0. The van der Waals surface area contributed by atoms with E-state index in [0.717, 1.165) is 26.1 Å². The van der Waals surface area contributed by atoms with Crippen LogP contribution in [0.25, 0.3) is 0 Å². The standard InChI is InChI=1S/C13H24N2O.ClH/c1-10-7-11(2)15(9-10)13(16)8-12-3-5-14-6-4-12;/h10-12,14H,3-9H2,1-2H3;1H. The Morgan fingerprint density at radius 1 is 1.29 bits per heavy atom. The van der Waals surface area contributed by atoms with Crippen molar-refractivity contribution in [3.8, 4) is 0 Å². The zero-order valence-electron chi connectivity index (χ0n) is 10.9. The fourth-order valence-corrected chi connectivity index (χ4v) is 3.10. The molecule has 0 saturated carbocycles. The molecular weight excluding hydrogens is 236 g/mol. The van der Waals surface area contributed by atoms with E-state index in [1.165, 1.54) is 19.3 Å². The highest BCUT2D eigenvalue weighted by molar-refractivity contribution is 5.85. The van der Waals surface area contributed by atoms with Crippen LogP contribution in [-0.2, 0) is 4.79 Å². The molecule has 0 aliphatic carbocycles. The molecule has 2 fully saturated rings. The van der Waals surface area contributed by atoms with Crippen molar-refractivity contribution in [1.29, 1.82) is 0 Å². The van der Waals surface area contributed by atoms with Crippen LogP contribution < -0.4 is 5.32 Å². The van der Waals surface area contributed by atoms with Crippen molar-refractivity contribution < 1.29 is 4.79 Å². The van der Waals surface area contributed by atoms with Crippen LogP contribution in [0.4, 0.5) is 0 Å². The van der Waals surface area contributed by atoms with Crippen LogP contribution in [0.15, 0.2) is 0 Å². The van der Waals surface area contributed by atoms with E-state index < -0.39 is 0 Å². The third kappa shape index (κ3) is 3.85. The number of halogens is 1. The molecule has 0 bridgehead atoms. The Morgan fingerprint density at radius 3 is 2.47 bits per heavy atom. The number of nitrogens with one attached hydrogen (secondary N) is 1. The topological polar surface area (TPSA) is 32.3 Å².